The van der Waals surface area contributed by atoms with E-state index in [0.717, 1.165) is 11.3 Å². The third-order valence-corrected chi connectivity index (χ3v) is 3.65. The summed E-state index contributed by atoms with van der Waals surface area (Å²) in [6.45, 7) is 4.89. The summed E-state index contributed by atoms with van der Waals surface area (Å²) in [6, 6.07) is 11.4. The molecule has 0 saturated heterocycles. The van der Waals surface area contributed by atoms with Gasteiger partial charge < -0.3 is 15.4 Å². The Morgan fingerprint density at radius 3 is 2.71 bits per heavy atom. The Balaban J connectivity index is 1.78. The van der Waals surface area contributed by atoms with Gasteiger partial charge in [0, 0.05) is 5.69 Å². The molecule has 0 saturated carbocycles. The average Bonchev–Trinajstić information content (AvgIpc) is 2.55. The molecule has 0 aromatic heterocycles. The van der Waals surface area contributed by atoms with Gasteiger partial charge in [-0.25, -0.2) is 9.18 Å². The van der Waals surface area contributed by atoms with Crippen LogP contribution in [-0.4, -0.2) is 19.2 Å². The van der Waals surface area contributed by atoms with Crippen molar-refractivity contribution in [1.29, 1.82) is 0 Å². The van der Waals surface area contributed by atoms with E-state index in [2.05, 4.69) is 24.5 Å². The monoisotopic (exact) mass is 350 g/mol. The number of rotatable bonds is 6. The highest BCUT2D eigenvalue weighted by molar-refractivity contribution is 6.31. The lowest BCUT2D eigenvalue weighted by molar-refractivity contribution is 0.247. The third kappa shape index (κ3) is 5.13. The summed E-state index contributed by atoms with van der Waals surface area (Å²) in [5.74, 6) is 0.653. The molecule has 0 aliphatic rings. The molecule has 128 valence electrons. The van der Waals surface area contributed by atoms with E-state index in [1.807, 2.05) is 24.3 Å². The van der Waals surface area contributed by atoms with Crippen LogP contribution in [0.4, 0.5) is 14.9 Å². The summed E-state index contributed by atoms with van der Waals surface area (Å²) in [5.41, 5.74) is 1.55. The SMILES string of the molecule is CC(C)c1ccccc1OCCNC(=O)Nc1ccc(F)c(Cl)c1. The maximum Gasteiger partial charge on any atom is 0.319 e. The standard InChI is InChI=1S/C18H20ClFN2O2/c1-12(2)14-5-3-4-6-17(14)24-10-9-21-18(23)22-13-7-8-16(20)15(19)11-13/h3-8,11-12H,9-10H2,1-2H3,(H2,21,22,23). The van der Waals surface area contributed by atoms with E-state index in [1.165, 1.54) is 18.2 Å². The molecule has 2 N–H and O–H groups in total. The fourth-order valence-electron chi connectivity index (χ4n) is 2.16. The number of carbonyl (C=O) groups is 1. The van der Waals surface area contributed by atoms with E-state index in [4.69, 9.17) is 16.3 Å². The maximum atomic E-state index is 13.1. The molecule has 0 aliphatic heterocycles. The van der Waals surface area contributed by atoms with Gasteiger partial charge in [-0.3, -0.25) is 0 Å². The summed E-state index contributed by atoms with van der Waals surface area (Å²) in [6.07, 6.45) is 0. The highest BCUT2D eigenvalue weighted by atomic mass is 35.5. The number of amides is 2. The Bertz CT molecular complexity index is 707. The second-order valence-electron chi connectivity index (χ2n) is 5.55. The second-order valence-corrected chi connectivity index (χ2v) is 5.96. The topological polar surface area (TPSA) is 50.4 Å². The molecule has 2 amide bonds. The van der Waals surface area contributed by atoms with Crippen LogP contribution in [0.15, 0.2) is 42.5 Å². The molecule has 0 spiro atoms. The molecule has 2 aromatic rings. The van der Waals surface area contributed by atoms with E-state index in [9.17, 15) is 9.18 Å². The van der Waals surface area contributed by atoms with Gasteiger partial charge in [-0.05, 0) is 35.7 Å². The average molecular weight is 351 g/mol. The van der Waals surface area contributed by atoms with E-state index >= 15 is 0 Å². The first-order chi connectivity index (χ1) is 11.5. The lowest BCUT2D eigenvalue weighted by Crippen LogP contribution is -2.32. The first-order valence-electron chi connectivity index (χ1n) is 7.69. The Morgan fingerprint density at radius 1 is 1.25 bits per heavy atom. The second kappa shape index (κ2) is 8.55. The summed E-state index contributed by atoms with van der Waals surface area (Å²) in [7, 11) is 0. The molecule has 2 rings (SSSR count). The van der Waals surface area contributed by atoms with Crippen molar-refractivity contribution in [2.45, 2.75) is 19.8 Å². The van der Waals surface area contributed by atoms with Crippen molar-refractivity contribution in [2.24, 2.45) is 0 Å². The van der Waals surface area contributed by atoms with Crippen molar-refractivity contribution < 1.29 is 13.9 Å². The lowest BCUT2D eigenvalue weighted by Gasteiger charge is -2.14. The molecule has 0 atom stereocenters. The zero-order valence-corrected chi connectivity index (χ0v) is 14.4. The van der Waals surface area contributed by atoms with Gasteiger partial charge in [0.1, 0.15) is 18.2 Å². The number of para-hydroxylation sites is 1. The number of halogens is 2. The Morgan fingerprint density at radius 2 is 2.00 bits per heavy atom. The van der Waals surface area contributed by atoms with Crippen molar-refractivity contribution in [3.8, 4) is 5.75 Å². The summed E-state index contributed by atoms with van der Waals surface area (Å²) in [4.78, 5) is 11.8. The van der Waals surface area contributed by atoms with Crippen molar-refractivity contribution in [1.82, 2.24) is 5.32 Å². The molecule has 24 heavy (non-hydrogen) atoms. The van der Waals surface area contributed by atoms with Crippen LogP contribution in [0.3, 0.4) is 0 Å². The minimum Gasteiger partial charge on any atom is -0.491 e. The number of hydrogen-bond acceptors (Lipinski definition) is 2. The van der Waals surface area contributed by atoms with Crippen LogP contribution in [0.25, 0.3) is 0 Å². The van der Waals surface area contributed by atoms with E-state index in [-0.39, 0.29) is 5.02 Å². The van der Waals surface area contributed by atoms with Crippen LogP contribution in [-0.2, 0) is 0 Å². The van der Waals surface area contributed by atoms with Crippen LogP contribution < -0.4 is 15.4 Å². The van der Waals surface area contributed by atoms with Crippen molar-refractivity contribution in [2.75, 3.05) is 18.5 Å². The number of anilines is 1. The first kappa shape index (κ1) is 18.1. The fraction of sp³-hybridized carbons (Fsp3) is 0.278. The van der Waals surface area contributed by atoms with Crippen molar-refractivity contribution >= 4 is 23.3 Å². The van der Waals surface area contributed by atoms with Crippen LogP contribution in [0.2, 0.25) is 5.02 Å². The predicted octanol–water partition coefficient (Wildman–Crippen LogP) is 4.80. The van der Waals surface area contributed by atoms with Gasteiger partial charge in [0.05, 0.1) is 11.6 Å². The molecule has 4 nitrogen and oxygen atoms in total. The Labute approximate surface area is 146 Å². The summed E-state index contributed by atoms with van der Waals surface area (Å²) < 4.78 is 18.8. The van der Waals surface area contributed by atoms with E-state index in [1.54, 1.807) is 0 Å². The summed E-state index contributed by atoms with van der Waals surface area (Å²) >= 11 is 5.67. The molecule has 0 aliphatic carbocycles. The molecule has 0 radical (unpaired) electrons. The molecule has 2 aromatic carbocycles. The number of nitrogens with one attached hydrogen (secondary N) is 2. The lowest BCUT2D eigenvalue weighted by atomic mass is 10.0. The van der Waals surface area contributed by atoms with Gasteiger partial charge >= 0.3 is 6.03 Å². The van der Waals surface area contributed by atoms with Gasteiger partial charge in [-0.1, -0.05) is 43.6 Å². The smallest absolute Gasteiger partial charge is 0.319 e. The number of hydrogen-bond donors (Lipinski definition) is 2. The zero-order valence-electron chi connectivity index (χ0n) is 13.6. The Hall–Kier alpha value is -2.27. The fourth-order valence-corrected chi connectivity index (χ4v) is 2.34. The van der Waals surface area contributed by atoms with Gasteiger partial charge in [0.15, 0.2) is 0 Å². The van der Waals surface area contributed by atoms with Crippen LogP contribution in [0.5, 0.6) is 5.75 Å². The van der Waals surface area contributed by atoms with E-state index in [0.29, 0.717) is 24.8 Å². The first-order valence-corrected chi connectivity index (χ1v) is 8.07. The van der Waals surface area contributed by atoms with Gasteiger partial charge in [0.25, 0.3) is 0 Å². The minimum atomic E-state index is -0.528. The van der Waals surface area contributed by atoms with Crippen molar-refractivity contribution in [3.63, 3.8) is 0 Å². The van der Waals surface area contributed by atoms with Gasteiger partial charge in [-0.15, -0.1) is 0 Å². The summed E-state index contributed by atoms with van der Waals surface area (Å²) in [5, 5.41) is 5.21. The molecule has 6 heteroatoms. The third-order valence-electron chi connectivity index (χ3n) is 3.36. The molecular formula is C18H20ClFN2O2. The number of urea groups is 1. The maximum absolute atomic E-state index is 13.1. The largest absolute Gasteiger partial charge is 0.491 e. The molecule has 0 unspecified atom stereocenters. The van der Waals surface area contributed by atoms with Gasteiger partial charge in [-0.2, -0.15) is 0 Å². The molecule has 0 heterocycles. The normalized spacial score (nSPS) is 10.5. The number of carbonyl (C=O) groups excluding carboxylic acids is 1. The van der Waals surface area contributed by atoms with E-state index < -0.39 is 11.8 Å². The highest BCUT2D eigenvalue weighted by Gasteiger charge is 2.07. The van der Waals surface area contributed by atoms with Gasteiger partial charge in [0.2, 0.25) is 0 Å². The number of benzene rings is 2. The highest BCUT2D eigenvalue weighted by Crippen LogP contribution is 2.25. The Kier molecular flexibility index (Phi) is 6.44. The zero-order chi connectivity index (χ0) is 17.5. The van der Waals surface area contributed by atoms with Crippen LogP contribution in [0.1, 0.15) is 25.3 Å². The predicted molar refractivity (Wildman–Crippen MR) is 94.5 cm³/mol. The molecule has 0 bridgehead atoms. The minimum absolute atomic E-state index is 0.0403. The molecule has 0 fully saturated rings. The van der Waals surface area contributed by atoms with Crippen LogP contribution in [0, 0.1) is 5.82 Å². The van der Waals surface area contributed by atoms with Crippen LogP contribution >= 0.6 is 11.6 Å². The van der Waals surface area contributed by atoms with Crippen molar-refractivity contribution in [3.05, 3.63) is 58.9 Å². The molecular weight excluding hydrogens is 331 g/mol. The number of ether oxygens (including phenoxy) is 1. The quantitative estimate of drug-likeness (QED) is 0.735.